The van der Waals surface area contributed by atoms with Crippen molar-refractivity contribution in [3.63, 3.8) is 0 Å². The van der Waals surface area contributed by atoms with Gasteiger partial charge in [-0.1, -0.05) is 23.7 Å². The minimum atomic E-state index is 0.155. The van der Waals surface area contributed by atoms with Gasteiger partial charge in [-0.2, -0.15) is 5.10 Å². The molecule has 4 rings (SSSR count). The summed E-state index contributed by atoms with van der Waals surface area (Å²) in [5.41, 5.74) is 5.84. The highest BCUT2D eigenvalue weighted by Crippen LogP contribution is 2.27. The lowest BCUT2D eigenvalue weighted by atomic mass is 9.97. The highest BCUT2D eigenvalue weighted by atomic mass is 35.5. The minimum absolute atomic E-state index is 0.155. The average molecular weight is 343 g/mol. The van der Waals surface area contributed by atoms with E-state index in [9.17, 15) is 4.79 Å². The van der Waals surface area contributed by atoms with Crippen molar-refractivity contribution in [1.29, 1.82) is 0 Å². The van der Waals surface area contributed by atoms with Crippen molar-refractivity contribution in [1.82, 2.24) is 20.4 Å². The van der Waals surface area contributed by atoms with Gasteiger partial charge in [0.15, 0.2) is 0 Å². The van der Waals surface area contributed by atoms with Crippen molar-refractivity contribution in [2.45, 2.75) is 25.8 Å². The second kappa shape index (κ2) is 6.42. The molecule has 1 amide bonds. The summed E-state index contributed by atoms with van der Waals surface area (Å²) in [6.07, 6.45) is 4.30. The van der Waals surface area contributed by atoms with Gasteiger partial charge in [-0.05, 0) is 29.7 Å². The van der Waals surface area contributed by atoms with Crippen LogP contribution >= 0.6 is 11.6 Å². The maximum absolute atomic E-state index is 11.5. The van der Waals surface area contributed by atoms with Gasteiger partial charge in [0.2, 0.25) is 5.91 Å². The standard InChI is InChI=1S/C18H19ClN4O/c19-15-4-1-12(2-5-15)18-14(9-20-22-18)11-23-8-7-16-13(10-23)3-6-17(24)21-16/h1-2,4-5,9H,3,6-8,10-11H2,(H,20,22)(H,21,24). The van der Waals surface area contributed by atoms with Gasteiger partial charge in [-0.3, -0.25) is 14.8 Å². The molecule has 0 radical (unpaired) electrons. The zero-order valence-electron chi connectivity index (χ0n) is 13.3. The molecule has 3 heterocycles. The van der Waals surface area contributed by atoms with Crippen LogP contribution in [0.15, 0.2) is 41.7 Å². The number of amides is 1. The predicted octanol–water partition coefficient (Wildman–Crippen LogP) is 3.10. The fourth-order valence-corrected chi connectivity index (χ4v) is 3.57. The molecule has 24 heavy (non-hydrogen) atoms. The first-order valence-electron chi connectivity index (χ1n) is 8.20. The summed E-state index contributed by atoms with van der Waals surface area (Å²) in [4.78, 5) is 13.9. The number of rotatable bonds is 3. The number of H-pyrrole nitrogens is 1. The number of nitrogens with zero attached hydrogens (tertiary/aromatic N) is 2. The highest BCUT2D eigenvalue weighted by molar-refractivity contribution is 6.30. The quantitative estimate of drug-likeness (QED) is 0.901. The molecule has 2 aliphatic rings. The van der Waals surface area contributed by atoms with Crippen molar-refractivity contribution in [3.05, 3.63) is 52.3 Å². The number of halogens is 1. The van der Waals surface area contributed by atoms with Gasteiger partial charge in [0.1, 0.15) is 0 Å². The molecule has 0 unspecified atom stereocenters. The molecule has 0 bridgehead atoms. The number of hydrogen-bond donors (Lipinski definition) is 2. The molecule has 124 valence electrons. The Bertz CT molecular complexity index is 794. The maximum atomic E-state index is 11.5. The molecule has 6 heteroatoms. The highest BCUT2D eigenvalue weighted by Gasteiger charge is 2.25. The van der Waals surface area contributed by atoms with Crippen molar-refractivity contribution >= 4 is 17.5 Å². The van der Waals surface area contributed by atoms with E-state index >= 15 is 0 Å². The Morgan fingerprint density at radius 3 is 2.83 bits per heavy atom. The molecule has 0 spiro atoms. The summed E-state index contributed by atoms with van der Waals surface area (Å²) in [6, 6.07) is 7.80. The van der Waals surface area contributed by atoms with E-state index in [0.29, 0.717) is 6.42 Å². The van der Waals surface area contributed by atoms with Gasteiger partial charge in [0, 0.05) is 48.8 Å². The van der Waals surface area contributed by atoms with E-state index in [1.807, 2.05) is 30.5 Å². The molecule has 0 saturated heterocycles. The van der Waals surface area contributed by atoms with E-state index in [1.165, 1.54) is 11.1 Å². The van der Waals surface area contributed by atoms with Crippen molar-refractivity contribution < 1.29 is 4.79 Å². The lowest BCUT2D eigenvalue weighted by molar-refractivity contribution is -0.120. The van der Waals surface area contributed by atoms with Crippen LogP contribution in [0.4, 0.5) is 0 Å². The fraction of sp³-hybridized carbons (Fsp3) is 0.333. The lowest BCUT2D eigenvalue weighted by Gasteiger charge is -2.33. The van der Waals surface area contributed by atoms with Crippen LogP contribution in [0.2, 0.25) is 5.02 Å². The minimum Gasteiger partial charge on any atom is -0.330 e. The van der Waals surface area contributed by atoms with Crippen LogP contribution in [0.1, 0.15) is 24.8 Å². The Hall–Kier alpha value is -2.11. The van der Waals surface area contributed by atoms with Gasteiger partial charge in [-0.15, -0.1) is 0 Å². The summed E-state index contributed by atoms with van der Waals surface area (Å²) in [5, 5.41) is 11.1. The van der Waals surface area contributed by atoms with Gasteiger partial charge >= 0.3 is 0 Å². The van der Waals surface area contributed by atoms with E-state index in [2.05, 4.69) is 20.4 Å². The summed E-state index contributed by atoms with van der Waals surface area (Å²) in [5.74, 6) is 0.155. The van der Waals surface area contributed by atoms with E-state index in [1.54, 1.807) is 0 Å². The van der Waals surface area contributed by atoms with Crippen molar-refractivity contribution in [2.75, 3.05) is 13.1 Å². The van der Waals surface area contributed by atoms with Gasteiger partial charge in [0.05, 0.1) is 11.9 Å². The fourth-order valence-electron chi connectivity index (χ4n) is 3.44. The number of carbonyl (C=O) groups excluding carboxylic acids is 1. The monoisotopic (exact) mass is 342 g/mol. The molecule has 2 N–H and O–H groups in total. The maximum Gasteiger partial charge on any atom is 0.224 e. The smallest absolute Gasteiger partial charge is 0.224 e. The summed E-state index contributed by atoms with van der Waals surface area (Å²) < 4.78 is 0. The third kappa shape index (κ3) is 3.09. The summed E-state index contributed by atoms with van der Waals surface area (Å²) in [7, 11) is 0. The molecule has 1 aromatic carbocycles. The second-order valence-electron chi connectivity index (χ2n) is 6.37. The van der Waals surface area contributed by atoms with Gasteiger partial charge < -0.3 is 5.32 Å². The molecule has 0 atom stereocenters. The number of benzene rings is 1. The van der Waals surface area contributed by atoms with Crippen LogP contribution in [-0.2, 0) is 11.3 Å². The first-order chi connectivity index (χ1) is 11.7. The van der Waals surface area contributed by atoms with Gasteiger partial charge in [-0.25, -0.2) is 0 Å². The number of aromatic nitrogens is 2. The zero-order chi connectivity index (χ0) is 16.5. The molecular weight excluding hydrogens is 324 g/mol. The number of nitrogens with one attached hydrogen (secondary N) is 2. The molecule has 0 aliphatic carbocycles. The Balaban J connectivity index is 1.50. The molecule has 2 aromatic rings. The van der Waals surface area contributed by atoms with E-state index in [0.717, 1.165) is 54.5 Å². The van der Waals surface area contributed by atoms with Crippen molar-refractivity contribution in [3.8, 4) is 11.3 Å². The van der Waals surface area contributed by atoms with Crippen LogP contribution in [0, 0.1) is 0 Å². The third-order valence-corrected chi connectivity index (χ3v) is 4.96. The lowest BCUT2D eigenvalue weighted by Crippen LogP contribution is -2.39. The molecular formula is C18H19ClN4O. The van der Waals surface area contributed by atoms with Gasteiger partial charge in [0.25, 0.3) is 0 Å². The topological polar surface area (TPSA) is 61.0 Å². The molecule has 2 aliphatic heterocycles. The number of hydrogen-bond acceptors (Lipinski definition) is 3. The van der Waals surface area contributed by atoms with E-state index < -0.39 is 0 Å². The van der Waals surface area contributed by atoms with E-state index in [4.69, 9.17) is 11.6 Å². The van der Waals surface area contributed by atoms with Crippen LogP contribution < -0.4 is 5.32 Å². The van der Waals surface area contributed by atoms with Crippen LogP contribution in [-0.4, -0.2) is 34.1 Å². The Morgan fingerprint density at radius 2 is 2.00 bits per heavy atom. The summed E-state index contributed by atoms with van der Waals surface area (Å²) in [6.45, 7) is 2.71. The SMILES string of the molecule is O=C1CCC2=C(CCN(Cc3cn[nH]c3-c3ccc(Cl)cc3)C2)N1. The Morgan fingerprint density at radius 1 is 1.17 bits per heavy atom. The molecule has 0 fully saturated rings. The first kappa shape index (κ1) is 15.4. The predicted molar refractivity (Wildman–Crippen MR) is 93.3 cm³/mol. The largest absolute Gasteiger partial charge is 0.330 e. The van der Waals surface area contributed by atoms with Crippen molar-refractivity contribution in [2.24, 2.45) is 0 Å². The second-order valence-corrected chi connectivity index (χ2v) is 6.80. The van der Waals surface area contributed by atoms with E-state index in [-0.39, 0.29) is 5.91 Å². The molecule has 0 saturated carbocycles. The Kier molecular flexibility index (Phi) is 4.12. The number of aromatic amines is 1. The van der Waals surface area contributed by atoms with Crippen LogP contribution in [0.5, 0.6) is 0 Å². The molecule has 5 nitrogen and oxygen atoms in total. The average Bonchev–Trinajstić information content (AvgIpc) is 3.04. The number of carbonyl (C=O) groups is 1. The molecule has 1 aromatic heterocycles. The third-order valence-electron chi connectivity index (χ3n) is 4.71. The Labute approximate surface area is 145 Å². The van der Waals surface area contributed by atoms with Crippen LogP contribution in [0.3, 0.4) is 0 Å². The normalized spacial score (nSPS) is 18.5. The zero-order valence-corrected chi connectivity index (χ0v) is 14.1. The first-order valence-corrected chi connectivity index (χ1v) is 8.58. The van der Waals surface area contributed by atoms with Crippen LogP contribution in [0.25, 0.3) is 11.3 Å². The summed E-state index contributed by atoms with van der Waals surface area (Å²) >= 11 is 5.97.